The molecule has 0 spiro atoms. The molecule has 10 heteroatoms. The third kappa shape index (κ3) is 8.48. The summed E-state index contributed by atoms with van der Waals surface area (Å²) in [6.45, 7) is 6.81. The van der Waals surface area contributed by atoms with Gasteiger partial charge in [0, 0.05) is 55.8 Å². The fraction of sp³-hybridized carbons (Fsp3) is 0.355. The number of benzene rings is 2. The molecule has 0 saturated carbocycles. The SMILES string of the molecule is CCON=C=C1C=CC(Oc2cc(OCc3ccc(CN)cc3)cc(C(=O)N3CCN(C(=O)OCC)CC3)c2)C=C1. The summed E-state index contributed by atoms with van der Waals surface area (Å²) in [7, 11) is 0. The summed E-state index contributed by atoms with van der Waals surface area (Å²) >= 11 is 0. The fourth-order valence-electron chi connectivity index (χ4n) is 4.25. The van der Waals surface area contributed by atoms with Crippen LogP contribution in [0.3, 0.4) is 0 Å². The number of ether oxygens (including phenoxy) is 3. The Morgan fingerprint density at radius 2 is 1.59 bits per heavy atom. The van der Waals surface area contributed by atoms with Gasteiger partial charge in [0.2, 0.25) is 0 Å². The molecule has 0 unspecified atom stereocenters. The first-order valence-electron chi connectivity index (χ1n) is 13.7. The summed E-state index contributed by atoms with van der Waals surface area (Å²) in [5, 5.41) is 3.76. The molecule has 2 amide bonds. The van der Waals surface area contributed by atoms with Crippen LogP contribution in [-0.2, 0) is 22.7 Å². The van der Waals surface area contributed by atoms with E-state index in [1.165, 1.54) is 0 Å². The van der Waals surface area contributed by atoms with Gasteiger partial charge in [0.15, 0.2) is 0 Å². The van der Waals surface area contributed by atoms with Gasteiger partial charge in [-0.15, -0.1) is 0 Å². The lowest BCUT2D eigenvalue weighted by atomic mass is 10.1. The first-order chi connectivity index (χ1) is 20.0. The van der Waals surface area contributed by atoms with Crippen LogP contribution in [-0.4, -0.2) is 73.2 Å². The molecule has 1 saturated heterocycles. The summed E-state index contributed by atoms with van der Waals surface area (Å²) in [6.07, 6.45) is 6.70. The number of carbonyl (C=O) groups excluding carboxylic acids is 2. The van der Waals surface area contributed by atoms with Gasteiger partial charge >= 0.3 is 6.09 Å². The van der Waals surface area contributed by atoms with Crippen molar-refractivity contribution in [1.82, 2.24) is 9.80 Å². The predicted octanol–water partition coefficient (Wildman–Crippen LogP) is 4.06. The number of hydrogen-bond acceptors (Lipinski definition) is 8. The molecule has 0 radical (unpaired) electrons. The minimum Gasteiger partial charge on any atom is -0.489 e. The fourth-order valence-corrected chi connectivity index (χ4v) is 4.25. The summed E-state index contributed by atoms with van der Waals surface area (Å²) in [5.41, 5.74) is 8.91. The van der Waals surface area contributed by atoms with Crippen molar-refractivity contribution in [3.05, 3.63) is 89.0 Å². The van der Waals surface area contributed by atoms with E-state index in [-0.39, 0.29) is 18.1 Å². The molecule has 0 atom stereocenters. The van der Waals surface area contributed by atoms with Crippen LogP contribution >= 0.6 is 0 Å². The van der Waals surface area contributed by atoms with Crippen LogP contribution in [0.25, 0.3) is 0 Å². The molecule has 10 nitrogen and oxygen atoms in total. The van der Waals surface area contributed by atoms with Gasteiger partial charge in [-0.2, -0.15) is 0 Å². The predicted molar refractivity (Wildman–Crippen MR) is 155 cm³/mol. The Hall–Kier alpha value is -4.53. The maximum Gasteiger partial charge on any atom is 0.409 e. The minimum absolute atomic E-state index is 0.164. The Morgan fingerprint density at radius 3 is 2.24 bits per heavy atom. The summed E-state index contributed by atoms with van der Waals surface area (Å²) in [4.78, 5) is 33.9. The van der Waals surface area contributed by atoms with Gasteiger partial charge in [-0.05, 0) is 66.6 Å². The molecular weight excluding hydrogens is 524 g/mol. The summed E-state index contributed by atoms with van der Waals surface area (Å²) in [6, 6.07) is 13.1. The van der Waals surface area contributed by atoms with Gasteiger partial charge in [0.25, 0.3) is 5.91 Å². The van der Waals surface area contributed by atoms with E-state index in [9.17, 15) is 9.59 Å². The molecule has 4 rings (SSSR count). The van der Waals surface area contributed by atoms with Crippen LogP contribution in [0.5, 0.6) is 11.5 Å². The Morgan fingerprint density at radius 1 is 0.927 bits per heavy atom. The van der Waals surface area contributed by atoms with Crippen LogP contribution in [0.4, 0.5) is 4.79 Å². The second-order valence-corrected chi connectivity index (χ2v) is 9.36. The van der Waals surface area contributed by atoms with Crippen LogP contribution in [0.2, 0.25) is 0 Å². The average Bonchev–Trinajstić information content (AvgIpc) is 3.01. The molecule has 0 aromatic heterocycles. The number of amides is 2. The van der Waals surface area contributed by atoms with Crippen LogP contribution in [0.15, 0.2) is 77.5 Å². The number of rotatable bonds is 10. The molecule has 0 bridgehead atoms. The highest BCUT2D eigenvalue weighted by Gasteiger charge is 2.26. The van der Waals surface area contributed by atoms with E-state index in [1.807, 2.05) is 55.5 Å². The topological polar surface area (TPSA) is 116 Å². The van der Waals surface area contributed by atoms with Crippen molar-refractivity contribution in [2.45, 2.75) is 33.1 Å². The molecule has 2 aromatic carbocycles. The van der Waals surface area contributed by atoms with E-state index in [1.54, 1.807) is 34.9 Å². The smallest absolute Gasteiger partial charge is 0.409 e. The van der Waals surface area contributed by atoms with E-state index >= 15 is 0 Å². The molecule has 1 aliphatic carbocycles. The highest BCUT2D eigenvalue weighted by molar-refractivity contribution is 5.95. The van der Waals surface area contributed by atoms with Crippen LogP contribution < -0.4 is 15.2 Å². The van der Waals surface area contributed by atoms with Crippen LogP contribution in [0, 0.1) is 0 Å². The van der Waals surface area contributed by atoms with Gasteiger partial charge in [-0.1, -0.05) is 24.3 Å². The molecule has 216 valence electrons. The molecule has 1 heterocycles. The molecule has 1 aliphatic heterocycles. The maximum atomic E-state index is 13.5. The highest BCUT2D eigenvalue weighted by Crippen LogP contribution is 2.27. The normalized spacial score (nSPS) is 16.2. The summed E-state index contributed by atoms with van der Waals surface area (Å²) in [5.74, 6) is 3.65. The molecule has 2 N–H and O–H groups in total. The number of piperazine rings is 1. The molecule has 2 aliphatic rings. The Kier molecular flexibility index (Phi) is 10.6. The molecule has 2 aromatic rings. The van der Waals surface area contributed by atoms with E-state index in [4.69, 9.17) is 24.8 Å². The van der Waals surface area contributed by atoms with Crippen molar-refractivity contribution in [3.8, 4) is 11.5 Å². The van der Waals surface area contributed by atoms with Gasteiger partial charge in [0.05, 0.1) is 6.61 Å². The van der Waals surface area contributed by atoms with E-state index in [2.05, 4.69) is 11.0 Å². The van der Waals surface area contributed by atoms with Crippen molar-refractivity contribution in [3.63, 3.8) is 0 Å². The maximum absolute atomic E-state index is 13.5. The lowest BCUT2D eigenvalue weighted by Gasteiger charge is -2.34. The minimum atomic E-state index is -0.360. The number of allylic oxidation sites excluding steroid dienone is 3. The zero-order valence-electron chi connectivity index (χ0n) is 23.5. The largest absolute Gasteiger partial charge is 0.489 e. The van der Waals surface area contributed by atoms with Crippen molar-refractivity contribution in [2.75, 3.05) is 39.4 Å². The van der Waals surface area contributed by atoms with Crippen molar-refractivity contribution >= 4 is 17.9 Å². The monoisotopic (exact) mass is 560 g/mol. The van der Waals surface area contributed by atoms with Crippen molar-refractivity contribution in [1.29, 1.82) is 0 Å². The standard InChI is InChI=1S/C31H36N4O6/c1-3-38-31(37)35-15-13-34(14-16-35)30(36)26-17-28(39-22-25-7-5-23(20-32)6-8-25)19-29(18-26)41-27-11-9-24(10-12-27)21-33-40-4-2/h5-12,17-19,27H,3-4,13-16,20,22,32H2,1-2H3. The Labute approximate surface area is 240 Å². The van der Waals surface area contributed by atoms with E-state index in [0.29, 0.717) is 69.6 Å². The van der Waals surface area contributed by atoms with E-state index in [0.717, 1.165) is 16.7 Å². The third-order valence-corrected chi connectivity index (χ3v) is 6.46. The molecule has 41 heavy (non-hydrogen) atoms. The Balaban J connectivity index is 1.49. The average molecular weight is 561 g/mol. The lowest BCUT2D eigenvalue weighted by Crippen LogP contribution is -2.50. The first-order valence-corrected chi connectivity index (χ1v) is 13.7. The van der Waals surface area contributed by atoms with Gasteiger partial charge in [0.1, 0.15) is 30.8 Å². The summed E-state index contributed by atoms with van der Waals surface area (Å²) < 4.78 is 17.4. The zero-order valence-corrected chi connectivity index (χ0v) is 23.5. The Bertz CT molecular complexity index is 1310. The van der Waals surface area contributed by atoms with Gasteiger partial charge in [-0.25, -0.2) is 4.79 Å². The van der Waals surface area contributed by atoms with Gasteiger partial charge < -0.3 is 34.6 Å². The van der Waals surface area contributed by atoms with Crippen LogP contribution in [0.1, 0.15) is 35.3 Å². The third-order valence-electron chi connectivity index (χ3n) is 6.46. The molecular formula is C31H36N4O6. The second-order valence-electron chi connectivity index (χ2n) is 9.36. The number of carbonyl (C=O) groups is 2. The number of hydrogen-bond donors (Lipinski definition) is 1. The number of nitrogens with two attached hydrogens (primary N) is 1. The zero-order chi connectivity index (χ0) is 29.0. The van der Waals surface area contributed by atoms with Gasteiger partial charge in [-0.3, -0.25) is 4.79 Å². The number of nitrogens with zero attached hydrogens (tertiary/aromatic N) is 3. The quantitative estimate of drug-likeness (QED) is 0.344. The lowest BCUT2D eigenvalue weighted by molar-refractivity contribution is 0.0570. The molecule has 1 fully saturated rings. The van der Waals surface area contributed by atoms with E-state index < -0.39 is 0 Å². The first kappa shape index (κ1) is 29.5. The highest BCUT2D eigenvalue weighted by atomic mass is 16.6. The van der Waals surface area contributed by atoms with Crippen molar-refractivity contribution in [2.24, 2.45) is 10.9 Å². The van der Waals surface area contributed by atoms with Crippen molar-refractivity contribution < 1.29 is 28.6 Å². The second kappa shape index (κ2) is 14.7.